The number of carbonyl (C=O) groups excluding carboxylic acids is 1. The van der Waals surface area contributed by atoms with Crippen LogP contribution in [0.15, 0.2) is 36.4 Å². The van der Waals surface area contributed by atoms with Crippen molar-refractivity contribution in [1.29, 1.82) is 0 Å². The number of hydrogen-bond acceptors (Lipinski definition) is 5. The number of benzene rings is 2. The van der Waals surface area contributed by atoms with E-state index in [0.29, 0.717) is 43.0 Å². The first kappa shape index (κ1) is 20.6. The lowest BCUT2D eigenvalue weighted by molar-refractivity contribution is -0.119. The normalized spacial score (nSPS) is 21.3. The second-order valence-corrected chi connectivity index (χ2v) is 7.83. The monoisotopic (exact) mass is 414 g/mol. The van der Waals surface area contributed by atoms with Gasteiger partial charge in [0, 0.05) is 24.4 Å². The number of aliphatic hydroxyl groups is 1. The summed E-state index contributed by atoms with van der Waals surface area (Å²) in [4.78, 5) is 14.2. The Morgan fingerprint density at radius 3 is 2.73 bits per heavy atom. The molecule has 2 heterocycles. The van der Waals surface area contributed by atoms with Crippen LogP contribution < -0.4 is 19.7 Å². The molecule has 0 aliphatic carbocycles. The molecule has 7 heteroatoms. The van der Waals surface area contributed by atoms with Crippen molar-refractivity contribution in [3.8, 4) is 11.5 Å². The van der Waals surface area contributed by atoms with Crippen LogP contribution >= 0.6 is 0 Å². The van der Waals surface area contributed by atoms with Gasteiger partial charge in [-0.2, -0.15) is 0 Å². The molecule has 1 amide bonds. The molecule has 0 radical (unpaired) electrons. The molecule has 4 rings (SSSR count). The molecule has 2 aliphatic rings. The number of nitrogens with one attached hydrogen (secondary N) is 1. The standard InChI is InChI=1S/C23H27FN2O4/c1-29-17-4-2-15(3-5-17)13-26-22(28)9-6-18-21(8-7-19(24)23(18)26)30-14-16-10-11-25-12-20(16)27/h2-5,7-8,16,20,25,27H,6,9-14H2,1H3/t16-,20+/m1/s1. The van der Waals surface area contributed by atoms with Gasteiger partial charge in [-0.25, -0.2) is 4.39 Å². The summed E-state index contributed by atoms with van der Waals surface area (Å²) in [5.74, 6) is 0.812. The quantitative estimate of drug-likeness (QED) is 0.761. The summed E-state index contributed by atoms with van der Waals surface area (Å²) in [6, 6.07) is 10.4. The van der Waals surface area contributed by atoms with Gasteiger partial charge in [-0.3, -0.25) is 4.79 Å². The Morgan fingerprint density at radius 1 is 1.20 bits per heavy atom. The van der Waals surface area contributed by atoms with Gasteiger partial charge in [0.15, 0.2) is 0 Å². The van der Waals surface area contributed by atoms with Crippen LogP contribution in [-0.2, 0) is 17.8 Å². The maximum absolute atomic E-state index is 14.8. The number of rotatable bonds is 6. The van der Waals surface area contributed by atoms with E-state index in [9.17, 15) is 14.3 Å². The van der Waals surface area contributed by atoms with Crippen molar-refractivity contribution in [3.05, 3.63) is 53.3 Å². The van der Waals surface area contributed by atoms with Crippen LogP contribution in [0.1, 0.15) is 24.0 Å². The summed E-state index contributed by atoms with van der Waals surface area (Å²) in [5.41, 5.74) is 1.90. The Bertz CT molecular complexity index is 903. The van der Waals surface area contributed by atoms with Gasteiger partial charge in [0.2, 0.25) is 5.91 Å². The van der Waals surface area contributed by atoms with Gasteiger partial charge in [0.05, 0.1) is 32.1 Å². The second-order valence-electron chi connectivity index (χ2n) is 7.83. The Labute approximate surface area is 175 Å². The number of methoxy groups -OCH3 is 1. The molecule has 1 fully saturated rings. The van der Waals surface area contributed by atoms with Crippen LogP contribution in [0.4, 0.5) is 10.1 Å². The number of nitrogens with zero attached hydrogens (tertiary/aromatic N) is 1. The molecule has 0 spiro atoms. The van der Waals surface area contributed by atoms with Gasteiger partial charge in [-0.1, -0.05) is 12.1 Å². The highest BCUT2D eigenvalue weighted by Crippen LogP contribution is 2.38. The molecule has 160 valence electrons. The van der Waals surface area contributed by atoms with E-state index in [1.807, 2.05) is 24.3 Å². The van der Waals surface area contributed by atoms with E-state index in [1.165, 1.54) is 11.0 Å². The van der Waals surface area contributed by atoms with Crippen molar-refractivity contribution in [1.82, 2.24) is 5.32 Å². The van der Waals surface area contributed by atoms with Gasteiger partial charge in [0.1, 0.15) is 17.3 Å². The minimum atomic E-state index is -0.455. The number of fused-ring (bicyclic) bond motifs is 1. The fourth-order valence-corrected chi connectivity index (χ4v) is 4.12. The third-order valence-corrected chi connectivity index (χ3v) is 5.89. The summed E-state index contributed by atoms with van der Waals surface area (Å²) in [6.07, 6.45) is 1.11. The maximum Gasteiger partial charge on any atom is 0.227 e. The van der Waals surface area contributed by atoms with E-state index < -0.39 is 11.9 Å². The molecule has 2 aromatic rings. The number of hydrogen-bond donors (Lipinski definition) is 2. The van der Waals surface area contributed by atoms with Crippen molar-refractivity contribution in [2.75, 3.05) is 31.7 Å². The lowest BCUT2D eigenvalue weighted by Crippen LogP contribution is -2.43. The summed E-state index contributed by atoms with van der Waals surface area (Å²) in [5, 5.41) is 13.3. The fraction of sp³-hybridized carbons (Fsp3) is 0.435. The fourth-order valence-electron chi connectivity index (χ4n) is 4.12. The van der Waals surface area contributed by atoms with Crippen molar-refractivity contribution in [2.24, 2.45) is 5.92 Å². The van der Waals surface area contributed by atoms with E-state index in [2.05, 4.69) is 5.32 Å². The number of β-amino-alcohol motifs (C(OH)–C–C–N with tert-alkyl or cyclic N) is 1. The molecule has 0 aromatic heterocycles. The third-order valence-electron chi connectivity index (χ3n) is 5.89. The molecule has 2 aliphatic heterocycles. The number of amides is 1. The topological polar surface area (TPSA) is 71.0 Å². The number of aliphatic hydroxyl groups excluding tert-OH is 1. The predicted octanol–water partition coefficient (Wildman–Crippen LogP) is 2.66. The summed E-state index contributed by atoms with van der Waals surface area (Å²) in [6.45, 7) is 2.05. The van der Waals surface area contributed by atoms with Gasteiger partial charge < -0.3 is 24.8 Å². The van der Waals surface area contributed by atoms with Gasteiger partial charge in [-0.05, 0) is 49.2 Å². The summed E-state index contributed by atoms with van der Waals surface area (Å²) in [7, 11) is 1.60. The first-order chi connectivity index (χ1) is 14.6. The largest absolute Gasteiger partial charge is 0.497 e. The minimum absolute atomic E-state index is 0.0348. The van der Waals surface area contributed by atoms with Crippen molar-refractivity contribution >= 4 is 11.6 Å². The van der Waals surface area contributed by atoms with Crippen LogP contribution in [0.5, 0.6) is 11.5 Å². The molecule has 0 bridgehead atoms. The smallest absolute Gasteiger partial charge is 0.227 e. The lowest BCUT2D eigenvalue weighted by atomic mass is 9.95. The van der Waals surface area contributed by atoms with Crippen LogP contribution in [0.2, 0.25) is 0 Å². The molecule has 2 atom stereocenters. The summed E-state index contributed by atoms with van der Waals surface area (Å²) >= 11 is 0. The molecule has 30 heavy (non-hydrogen) atoms. The van der Waals surface area contributed by atoms with Crippen LogP contribution in [-0.4, -0.2) is 43.9 Å². The Balaban J connectivity index is 1.57. The number of ether oxygens (including phenoxy) is 2. The zero-order valence-corrected chi connectivity index (χ0v) is 17.1. The molecule has 2 aromatic carbocycles. The molecule has 1 saturated heterocycles. The number of anilines is 1. The van der Waals surface area contributed by atoms with Crippen molar-refractivity contribution in [3.63, 3.8) is 0 Å². The van der Waals surface area contributed by atoms with Gasteiger partial charge in [-0.15, -0.1) is 0 Å². The molecule has 0 unspecified atom stereocenters. The van der Waals surface area contributed by atoms with Gasteiger partial charge in [0.25, 0.3) is 0 Å². The van der Waals surface area contributed by atoms with Crippen LogP contribution in [0.25, 0.3) is 0 Å². The Hall–Kier alpha value is -2.64. The van der Waals surface area contributed by atoms with E-state index in [-0.39, 0.29) is 18.4 Å². The predicted molar refractivity (Wildman–Crippen MR) is 111 cm³/mol. The van der Waals surface area contributed by atoms with E-state index in [1.54, 1.807) is 13.2 Å². The third kappa shape index (κ3) is 4.27. The highest BCUT2D eigenvalue weighted by atomic mass is 19.1. The minimum Gasteiger partial charge on any atom is -0.497 e. The van der Waals surface area contributed by atoms with Crippen LogP contribution in [0, 0.1) is 11.7 Å². The molecular formula is C23H27FN2O4. The highest BCUT2D eigenvalue weighted by molar-refractivity contribution is 5.97. The molecule has 2 N–H and O–H groups in total. The van der Waals surface area contributed by atoms with Crippen molar-refractivity contribution < 1.29 is 23.8 Å². The highest BCUT2D eigenvalue weighted by Gasteiger charge is 2.31. The van der Waals surface area contributed by atoms with Crippen LogP contribution in [0.3, 0.4) is 0 Å². The molecule has 0 saturated carbocycles. The summed E-state index contributed by atoms with van der Waals surface area (Å²) < 4.78 is 26.0. The number of piperidine rings is 1. The average Bonchev–Trinajstić information content (AvgIpc) is 2.76. The Kier molecular flexibility index (Phi) is 6.20. The maximum atomic E-state index is 14.8. The zero-order valence-electron chi connectivity index (χ0n) is 17.1. The zero-order chi connectivity index (χ0) is 21.1. The first-order valence-corrected chi connectivity index (χ1v) is 10.3. The van der Waals surface area contributed by atoms with E-state index in [0.717, 1.165) is 24.3 Å². The van der Waals surface area contributed by atoms with E-state index >= 15 is 0 Å². The molecule has 6 nitrogen and oxygen atoms in total. The second kappa shape index (κ2) is 9.02. The number of halogens is 1. The molecular weight excluding hydrogens is 387 g/mol. The van der Waals surface area contributed by atoms with Crippen molar-refractivity contribution in [2.45, 2.75) is 31.9 Å². The lowest BCUT2D eigenvalue weighted by Gasteiger charge is -2.32. The van der Waals surface area contributed by atoms with Gasteiger partial charge >= 0.3 is 0 Å². The average molecular weight is 414 g/mol. The number of carbonyl (C=O) groups is 1. The van der Waals surface area contributed by atoms with E-state index in [4.69, 9.17) is 9.47 Å². The first-order valence-electron chi connectivity index (χ1n) is 10.3. The SMILES string of the molecule is COc1ccc(CN2C(=O)CCc3c(OC[C@H]4CCNC[C@@H]4O)ccc(F)c32)cc1. The Morgan fingerprint density at radius 2 is 2.00 bits per heavy atom.